The number of hydrogen-bond acceptors (Lipinski definition) is 3. The van der Waals surface area contributed by atoms with Crippen LogP contribution in [0.2, 0.25) is 0 Å². The highest BCUT2D eigenvalue weighted by Gasteiger charge is 2.26. The van der Waals surface area contributed by atoms with Crippen molar-refractivity contribution in [3.63, 3.8) is 0 Å². The zero-order valence-corrected chi connectivity index (χ0v) is 28.1. The third-order valence-corrected chi connectivity index (χ3v) is 10.5. The average Bonchev–Trinajstić information content (AvgIpc) is 3.57. The standard InChI is InChI=1S/C47H36N4/c1-3-15-33(16-4-1)45-48-46(34-17-5-2-6-18-34)50-47(49-45)37-21-11-19-35(29-37)36-20-12-22-38(30-36)51-41-27-25-31-13-7-9-23-39(31)43(41)44-40-24-10-8-14-32(40)26-28-42(44)51/h1-9,11-23,25-30,45,47,49H,10,24H2,(H,48,50). The summed E-state index contributed by atoms with van der Waals surface area (Å²) in [5, 5.41) is 12.7. The number of nitrogens with one attached hydrogen (secondary N) is 2. The van der Waals surface area contributed by atoms with Crippen molar-refractivity contribution in [2.24, 2.45) is 4.99 Å². The fourth-order valence-electron chi connectivity index (χ4n) is 8.10. The molecule has 2 atom stereocenters. The first-order valence-corrected chi connectivity index (χ1v) is 17.8. The molecular formula is C47H36N4. The molecule has 0 saturated heterocycles. The van der Waals surface area contributed by atoms with E-state index in [1.807, 2.05) is 6.07 Å². The molecule has 51 heavy (non-hydrogen) atoms. The summed E-state index contributed by atoms with van der Waals surface area (Å²) in [6.07, 6.45) is 6.43. The molecule has 0 amide bonds. The Morgan fingerprint density at radius 1 is 0.588 bits per heavy atom. The van der Waals surface area contributed by atoms with E-state index < -0.39 is 0 Å². The summed E-state index contributed by atoms with van der Waals surface area (Å²) in [4.78, 5) is 5.20. The van der Waals surface area contributed by atoms with Crippen LogP contribution in [-0.2, 0) is 6.42 Å². The van der Waals surface area contributed by atoms with Crippen molar-refractivity contribution in [3.8, 4) is 16.8 Å². The molecule has 8 aromatic rings. The zero-order valence-electron chi connectivity index (χ0n) is 28.1. The number of fused-ring (bicyclic) bond motifs is 7. The van der Waals surface area contributed by atoms with Crippen molar-refractivity contribution in [1.29, 1.82) is 0 Å². The van der Waals surface area contributed by atoms with Gasteiger partial charge in [0.2, 0.25) is 0 Å². The number of aryl methyl sites for hydroxylation is 1. The second-order valence-electron chi connectivity index (χ2n) is 13.6. The molecule has 4 nitrogen and oxygen atoms in total. The monoisotopic (exact) mass is 656 g/mol. The van der Waals surface area contributed by atoms with Gasteiger partial charge in [0.1, 0.15) is 18.2 Å². The summed E-state index contributed by atoms with van der Waals surface area (Å²) in [5.41, 5.74) is 12.2. The largest absolute Gasteiger partial charge is 0.350 e. The zero-order chi connectivity index (χ0) is 33.7. The second kappa shape index (κ2) is 12.3. The lowest BCUT2D eigenvalue weighted by Crippen LogP contribution is -2.44. The van der Waals surface area contributed by atoms with Crippen LogP contribution in [0.5, 0.6) is 0 Å². The Morgan fingerprint density at radius 3 is 2.18 bits per heavy atom. The minimum Gasteiger partial charge on any atom is -0.350 e. The molecule has 0 fully saturated rings. The quantitative estimate of drug-likeness (QED) is 0.194. The van der Waals surface area contributed by atoms with E-state index in [0.717, 1.165) is 41.1 Å². The van der Waals surface area contributed by atoms with Crippen molar-refractivity contribution >= 4 is 44.5 Å². The molecule has 1 aromatic heterocycles. The van der Waals surface area contributed by atoms with Crippen LogP contribution in [0.3, 0.4) is 0 Å². The number of benzene rings is 7. The number of nitrogens with zero attached hydrogens (tertiary/aromatic N) is 2. The van der Waals surface area contributed by atoms with Gasteiger partial charge in [0.05, 0.1) is 11.0 Å². The third-order valence-electron chi connectivity index (χ3n) is 10.5. The maximum Gasteiger partial charge on any atom is 0.131 e. The predicted molar refractivity (Wildman–Crippen MR) is 212 cm³/mol. The Bertz CT molecular complexity index is 2650. The van der Waals surface area contributed by atoms with Crippen molar-refractivity contribution < 1.29 is 0 Å². The topological polar surface area (TPSA) is 41.4 Å². The van der Waals surface area contributed by atoms with Crippen LogP contribution >= 0.6 is 0 Å². The molecule has 244 valence electrons. The third kappa shape index (κ3) is 5.15. The Kier molecular flexibility index (Phi) is 7.14. The van der Waals surface area contributed by atoms with Gasteiger partial charge in [-0.15, -0.1) is 0 Å². The first-order valence-electron chi connectivity index (χ1n) is 17.8. The van der Waals surface area contributed by atoms with Crippen LogP contribution < -0.4 is 10.6 Å². The number of aromatic nitrogens is 1. The van der Waals surface area contributed by atoms with E-state index in [9.17, 15) is 0 Å². The highest BCUT2D eigenvalue weighted by atomic mass is 15.3. The van der Waals surface area contributed by atoms with Crippen molar-refractivity contribution in [2.45, 2.75) is 25.2 Å². The van der Waals surface area contributed by atoms with Gasteiger partial charge in [-0.2, -0.15) is 0 Å². The number of hydrogen-bond donors (Lipinski definition) is 2. The van der Waals surface area contributed by atoms with E-state index in [-0.39, 0.29) is 12.3 Å². The van der Waals surface area contributed by atoms with Crippen LogP contribution in [0, 0.1) is 0 Å². The number of allylic oxidation sites excluding steroid dienone is 1. The van der Waals surface area contributed by atoms with Gasteiger partial charge in [0.15, 0.2) is 0 Å². The molecule has 1 aliphatic heterocycles. The van der Waals surface area contributed by atoms with E-state index in [0.29, 0.717) is 0 Å². The Hall–Kier alpha value is -6.23. The molecule has 2 N–H and O–H groups in total. The Morgan fingerprint density at radius 2 is 1.29 bits per heavy atom. The lowest BCUT2D eigenvalue weighted by molar-refractivity contribution is 0.409. The summed E-state index contributed by atoms with van der Waals surface area (Å²) >= 11 is 0. The summed E-state index contributed by atoms with van der Waals surface area (Å²) in [5.74, 6) is 0.886. The van der Waals surface area contributed by atoms with Crippen LogP contribution in [-0.4, -0.2) is 10.4 Å². The minimum atomic E-state index is -0.222. The molecule has 4 heteroatoms. The van der Waals surface area contributed by atoms with Crippen LogP contribution in [0.4, 0.5) is 0 Å². The summed E-state index contributed by atoms with van der Waals surface area (Å²) in [7, 11) is 0. The Balaban J connectivity index is 1.09. The average molecular weight is 657 g/mol. The fraction of sp³-hybridized carbons (Fsp3) is 0.0851. The summed E-state index contributed by atoms with van der Waals surface area (Å²) < 4.78 is 2.47. The maximum absolute atomic E-state index is 5.20. The van der Waals surface area contributed by atoms with Gasteiger partial charge >= 0.3 is 0 Å². The summed E-state index contributed by atoms with van der Waals surface area (Å²) in [6.45, 7) is 0. The predicted octanol–water partition coefficient (Wildman–Crippen LogP) is 10.9. The normalized spacial score (nSPS) is 17.0. The molecule has 2 heterocycles. The molecule has 7 aromatic carbocycles. The van der Waals surface area contributed by atoms with Gasteiger partial charge < -0.3 is 9.88 Å². The molecular weight excluding hydrogens is 621 g/mol. The molecule has 0 radical (unpaired) electrons. The van der Waals surface area contributed by atoms with Crippen molar-refractivity contribution in [3.05, 3.63) is 192 Å². The van der Waals surface area contributed by atoms with E-state index in [4.69, 9.17) is 4.99 Å². The Labute approximate surface area is 297 Å². The SMILES string of the molecule is C1=Cc2ccc3c(c2CC1)c1c2ccccc2ccc1n3-c1cccc(-c2cccc(C3N=C(c4ccccc4)NC(c4ccccc4)N3)c2)c1. The molecule has 2 aliphatic rings. The van der Waals surface area contributed by atoms with E-state index in [1.54, 1.807) is 0 Å². The van der Waals surface area contributed by atoms with Crippen LogP contribution in [0.1, 0.15) is 46.6 Å². The van der Waals surface area contributed by atoms with Crippen molar-refractivity contribution in [2.75, 3.05) is 0 Å². The molecule has 0 bridgehead atoms. The van der Waals surface area contributed by atoms with Crippen LogP contribution in [0.15, 0.2) is 169 Å². The highest BCUT2D eigenvalue weighted by Crippen LogP contribution is 2.41. The lowest BCUT2D eigenvalue weighted by atomic mass is 9.92. The first kappa shape index (κ1) is 29.7. The molecule has 0 spiro atoms. The smallest absolute Gasteiger partial charge is 0.131 e. The molecule has 1 aliphatic carbocycles. The number of amidine groups is 1. The number of aliphatic imine (C=N–C) groups is 1. The van der Waals surface area contributed by atoms with E-state index >= 15 is 0 Å². The van der Waals surface area contributed by atoms with Gasteiger partial charge in [-0.1, -0.05) is 140 Å². The van der Waals surface area contributed by atoms with Gasteiger partial charge in [0, 0.05) is 22.0 Å². The molecule has 10 rings (SSSR count). The summed E-state index contributed by atoms with van der Waals surface area (Å²) in [6, 6.07) is 56.8. The second-order valence-corrected chi connectivity index (χ2v) is 13.6. The minimum absolute atomic E-state index is 0.0801. The van der Waals surface area contributed by atoms with Gasteiger partial charge in [0.25, 0.3) is 0 Å². The van der Waals surface area contributed by atoms with Crippen LogP contribution in [0.25, 0.3) is 55.5 Å². The van der Waals surface area contributed by atoms with Gasteiger partial charge in [-0.05, 0) is 87.3 Å². The van der Waals surface area contributed by atoms with E-state index in [1.165, 1.54) is 54.8 Å². The molecule has 0 saturated carbocycles. The van der Waals surface area contributed by atoms with Gasteiger partial charge in [-0.3, -0.25) is 5.32 Å². The first-order chi connectivity index (χ1) is 25.3. The number of rotatable bonds is 5. The van der Waals surface area contributed by atoms with Crippen molar-refractivity contribution in [1.82, 2.24) is 15.2 Å². The van der Waals surface area contributed by atoms with Gasteiger partial charge in [-0.25, -0.2) is 4.99 Å². The fourth-order valence-corrected chi connectivity index (χ4v) is 8.10. The lowest BCUT2D eigenvalue weighted by Gasteiger charge is -2.32. The molecule has 2 unspecified atom stereocenters. The van der Waals surface area contributed by atoms with E-state index in [2.05, 4.69) is 179 Å². The highest BCUT2D eigenvalue weighted by molar-refractivity contribution is 6.22. The maximum atomic E-state index is 5.20.